The number of fused-ring (bicyclic) bond motifs is 2. The Morgan fingerprint density at radius 1 is 0.941 bits per heavy atom. The third-order valence-corrected chi connectivity index (χ3v) is 7.90. The van der Waals surface area contributed by atoms with Crippen molar-refractivity contribution >= 4 is 44.2 Å². The van der Waals surface area contributed by atoms with E-state index in [4.69, 9.17) is 4.98 Å². The number of anilines is 1. The van der Waals surface area contributed by atoms with Gasteiger partial charge in [-0.2, -0.15) is 0 Å². The third-order valence-electron chi connectivity index (χ3n) is 7.10. The second-order valence-electron chi connectivity index (χ2n) is 9.21. The molecule has 2 aliphatic heterocycles. The molecule has 8 nitrogen and oxygen atoms in total. The summed E-state index contributed by atoms with van der Waals surface area (Å²) in [5.74, 6) is 0.372. The molecule has 0 spiro atoms. The maximum Gasteiger partial charge on any atom is 0.253 e. The van der Waals surface area contributed by atoms with Gasteiger partial charge in [-0.3, -0.25) is 9.78 Å². The molecule has 0 radical (unpaired) electrons. The zero-order chi connectivity index (χ0) is 23.1. The van der Waals surface area contributed by atoms with Crippen LogP contribution in [-0.2, 0) is 0 Å². The van der Waals surface area contributed by atoms with Gasteiger partial charge in [0.25, 0.3) is 5.91 Å². The van der Waals surface area contributed by atoms with E-state index in [1.807, 2.05) is 34.8 Å². The molecule has 6 rings (SSSR count). The van der Waals surface area contributed by atoms with Gasteiger partial charge in [-0.15, -0.1) is 11.3 Å². The van der Waals surface area contributed by atoms with E-state index in [1.54, 1.807) is 17.7 Å². The lowest BCUT2D eigenvalue weighted by Crippen LogP contribution is -2.44. The minimum absolute atomic E-state index is 0.0937. The summed E-state index contributed by atoms with van der Waals surface area (Å²) in [6, 6.07) is 7.92. The van der Waals surface area contributed by atoms with Crippen molar-refractivity contribution in [2.24, 2.45) is 0 Å². The largest absolute Gasteiger partial charge is 0.368 e. The summed E-state index contributed by atoms with van der Waals surface area (Å²) >= 11 is 1.57. The third kappa shape index (κ3) is 3.99. The quantitative estimate of drug-likeness (QED) is 0.451. The smallest absolute Gasteiger partial charge is 0.253 e. The van der Waals surface area contributed by atoms with Crippen LogP contribution in [0.5, 0.6) is 0 Å². The van der Waals surface area contributed by atoms with E-state index in [0.717, 1.165) is 90.3 Å². The zero-order valence-electron chi connectivity index (χ0n) is 19.2. The second kappa shape index (κ2) is 8.88. The summed E-state index contributed by atoms with van der Waals surface area (Å²) in [5.41, 5.74) is 7.42. The number of carbonyl (C=O) groups is 1. The van der Waals surface area contributed by atoms with Gasteiger partial charge in [-0.1, -0.05) is 0 Å². The van der Waals surface area contributed by atoms with Crippen molar-refractivity contribution in [3.05, 3.63) is 53.6 Å². The molecule has 0 atom stereocenters. The minimum atomic E-state index is 0.0937. The number of likely N-dealkylation sites (tertiary alicyclic amines) is 1. The number of rotatable bonds is 3. The van der Waals surface area contributed by atoms with Crippen LogP contribution < -0.4 is 4.90 Å². The summed E-state index contributed by atoms with van der Waals surface area (Å²) in [5, 5.41) is 0. The molecule has 4 aromatic rings. The summed E-state index contributed by atoms with van der Waals surface area (Å²) < 4.78 is 1.05. The molecule has 2 fully saturated rings. The maximum atomic E-state index is 13.1. The molecule has 3 aromatic heterocycles. The molecule has 9 heteroatoms. The Hall–Kier alpha value is -3.17. The fourth-order valence-corrected chi connectivity index (χ4v) is 5.73. The molecule has 1 aromatic carbocycles. The maximum absolute atomic E-state index is 13.1. The van der Waals surface area contributed by atoms with Gasteiger partial charge in [0.1, 0.15) is 11.8 Å². The van der Waals surface area contributed by atoms with E-state index in [1.165, 1.54) is 0 Å². The van der Waals surface area contributed by atoms with Gasteiger partial charge in [-0.05, 0) is 44.2 Å². The Kier molecular flexibility index (Phi) is 5.58. The fraction of sp³-hybridized carbons (Fsp3) is 0.400. The Morgan fingerprint density at radius 2 is 1.76 bits per heavy atom. The van der Waals surface area contributed by atoms with Crippen molar-refractivity contribution < 1.29 is 4.79 Å². The lowest BCUT2D eigenvalue weighted by atomic mass is 9.92. The van der Waals surface area contributed by atoms with Gasteiger partial charge in [0, 0.05) is 50.7 Å². The number of pyridine rings is 1. The Labute approximate surface area is 202 Å². The number of hydrogen-bond acceptors (Lipinski definition) is 8. The molecule has 34 heavy (non-hydrogen) atoms. The highest BCUT2D eigenvalue weighted by Gasteiger charge is 2.27. The summed E-state index contributed by atoms with van der Waals surface area (Å²) in [7, 11) is 2.16. The van der Waals surface area contributed by atoms with E-state index in [2.05, 4.69) is 37.9 Å². The van der Waals surface area contributed by atoms with E-state index in [0.29, 0.717) is 0 Å². The van der Waals surface area contributed by atoms with Crippen molar-refractivity contribution in [3.63, 3.8) is 0 Å². The number of thiazole rings is 1. The fourth-order valence-electron chi connectivity index (χ4n) is 5.02. The van der Waals surface area contributed by atoms with Crippen LogP contribution in [0.1, 0.15) is 34.8 Å². The molecule has 5 heterocycles. The molecule has 2 aliphatic rings. The van der Waals surface area contributed by atoms with Crippen molar-refractivity contribution in [1.29, 1.82) is 0 Å². The number of carbonyl (C=O) groups excluding carboxylic acids is 1. The van der Waals surface area contributed by atoms with Crippen LogP contribution in [0, 0.1) is 0 Å². The topological polar surface area (TPSA) is 78.4 Å². The predicted octanol–water partition coefficient (Wildman–Crippen LogP) is 3.41. The number of piperidine rings is 1. The van der Waals surface area contributed by atoms with Crippen molar-refractivity contribution in [3.8, 4) is 0 Å². The predicted molar refractivity (Wildman–Crippen MR) is 135 cm³/mol. The molecular weight excluding hydrogens is 446 g/mol. The zero-order valence-corrected chi connectivity index (χ0v) is 20.0. The van der Waals surface area contributed by atoms with Gasteiger partial charge < -0.3 is 14.7 Å². The average molecular weight is 474 g/mol. The monoisotopic (exact) mass is 473 g/mol. The minimum Gasteiger partial charge on any atom is -0.368 e. The Bertz CT molecular complexity index is 1340. The van der Waals surface area contributed by atoms with Gasteiger partial charge in [0.15, 0.2) is 0 Å². The summed E-state index contributed by atoms with van der Waals surface area (Å²) in [6.07, 6.45) is 5.38. The first-order chi connectivity index (χ1) is 16.7. The normalized spacial score (nSPS) is 18.1. The lowest BCUT2D eigenvalue weighted by Gasteiger charge is -2.34. The van der Waals surface area contributed by atoms with Crippen molar-refractivity contribution in [2.45, 2.75) is 18.8 Å². The first-order valence-electron chi connectivity index (χ1n) is 11.8. The number of nitrogens with zero attached hydrogens (tertiary/aromatic N) is 7. The molecule has 1 amide bonds. The van der Waals surface area contributed by atoms with Crippen molar-refractivity contribution in [2.75, 3.05) is 51.2 Å². The Balaban J connectivity index is 1.17. The number of hydrogen-bond donors (Lipinski definition) is 0. The van der Waals surface area contributed by atoms with E-state index in [-0.39, 0.29) is 11.8 Å². The van der Waals surface area contributed by atoms with Crippen LogP contribution >= 0.6 is 11.3 Å². The molecule has 0 aliphatic carbocycles. The van der Waals surface area contributed by atoms with Gasteiger partial charge in [-0.25, -0.2) is 15.0 Å². The molecule has 2 saturated heterocycles. The van der Waals surface area contributed by atoms with E-state index in [9.17, 15) is 4.79 Å². The molecule has 0 unspecified atom stereocenters. The highest BCUT2D eigenvalue weighted by atomic mass is 32.1. The summed E-state index contributed by atoms with van der Waals surface area (Å²) in [6.45, 7) is 5.56. The van der Waals surface area contributed by atoms with Gasteiger partial charge >= 0.3 is 0 Å². The van der Waals surface area contributed by atoms with Crippen LogP contribution in [-0.4, -0.2) is 82.0 Å². The van der Waals surface area contributed by atoms with Crippen LogP contribution in [0.3, 0.4) is 0 Å². The standard InChI is InChI=1S/C25H27N7OS/c1-30-8-10-31(11-9-30)19-13-21-24(26-14-19)23(28-15-27-21)17-4-6-32(7-5-17)25(33)18-2-3-20-22(12-18)34-16-29-20/h2-3,12-17H,4-11H2,1H3. The summed E-state index contributed by atoms with van der Waals surface area (Å²) in [4.78, 5) is 38.1. The van der Waals surface area contributed by atoms with Crippen LogP contribution in [0.4, 0.5) is 5.69 Å². The molecule has 0 saturated carbocycles. The average Bonchev–Trinajstić information content (AvgIpc) is 3.36. The first kappa shape index (κ1) is 21.4. The molecular formula is C25H27N7OS. The Morgan fingerprint density at radius 3 is 2.59 bits per heavy atom. The van der Waals surface area contributed by atoms with Crippen LogP contribution in [0.15, 0.2) is 42.3 Å². The number of benzene rings is 1. The molecule has 174 valence electrons. The van der Waals surface area contributed by atoms with Crippen LogP contribution in [0.2, 0.25) is 0 Å². The van der Waals surface area contributed by atoms with Crippen molar-refractivity contribution in [1.82, 2.24) is 29.7 Å². The van der Waals surface area contributed by atoms with Gasteiger partial charge in [0.05, 0.1) is 38.8 Å². The SMILES string of the molecule is CN1CCN(c2cnc3c(C4CCN(C(=O)c5ccc6ncsc6c5)CC4)ncnc3c2)CC1. The highest BCUT2D eigenvalue weighted by Crippen LogP contribution is 2.32. The van der Waals surface area contributed by atoms with E-state index < -0.39 is 0 Å². The first-order valence-corrected chi connectivity index (χ1v) is 12.7. The van der Waals surface area contributed by atoms with Crippen LogP contribution in [0.25, 0.3) is 21.3 Å². The number of amides is 1. The number of piperazine rings is 1. The number of likely N-dealkylation sites (N-methyl/N-ethyl adjacent to an activating group) is 1. The van der Waals surface area contributed by atoms with Gasteiger partial charge in [0.2, 0.25) is 0 Å². The van der Waals surface area contributed by atoms with E-state index >= 15 is 0 Å². The number of aromatic nitrogens is 4. The molecule has 0 bridgehead atoms. The second-order valence-corrected chi connectivity index (χ2v) is 10.1. The highest BCUT2D eigenvalue weighted by molar-refractivity contribution is 7.16. The molecule has 0 N–H and O–H groups in total. The lowest BCUT2D eigenvalue weighted by molar-refractivity contribution is 0.0712.